The molecule has 0 saturated carbocycles. The van der Waals surface area contributed by atoms with E-state index in [1.165, 1.54) is 6.20 Å². The first kappa shape index (κ1) is 24.3. The van der Waals surface area contributed by atoms with Crippen molar-refractivity contribution >= 4 is 11.7 Å². The highest BCUT2D eigenvalue weighted by molar-refractivity contribution is 5.95. The number of halogens is 2. The van der Waals surface area contributed by atoms with Crippen LogP contribution < -0.4 is 14.8 Å². The molecular weight excluding hydrogens is 480 g/mol. The van der Waals surface area contributed by atoms with E-state index in [1.54, 1.807) is 26.0 Å². The number of aromatic nitrogens is 1. The number of nitrogens with one attached hydrogen (secondary N) is 1. The number of hydrogen-bond donors (Lipinski definition) is 1. The molecule has 1 atom stereocenters. The molecule has 0 bridgehead atoms. The first-order valence-electron chi connectivity index (χ1n) is 11.7. The maximum absolute atomic E-state index is 13.6. The fraction of sp³-hybridized carbons (Fsp3) is 0.250. The molecule has 0 saturated heterocycles. The molecule has 0 fully saturated rings. The topological polar surface area (TPSA) is 93.5 Å². The van der Waals surface area contributed by atoms with Gasteiger partial charge in [0.25, 0.3) is 0 Å². The van der Waals surface area contributed by atoms with Crippen LogP contribution in [0.2, 0.25) is 0 Å². The molecule has 0 amide bonds. The zero-order valence-electron chi connectivity index (χ0n) is 20.2. The number of pyridine rings is 1. The first-order valence-corrected chi connectivity index (χ1v) is 11.7. The summed E-state index contributed by atoms with van der Waals surface area (Å²) in [5.41, 5.74) is 4.73. The second-order valence-corrected chi connectivity index (χ2v) is 8.79. The number of anilines is 1. The van der Waals surface area contributed by atoms with E-state index in [2.05, 4.69) is 16.4 Å². The van der Waals surface area contributed by atoms with Gasteiger partial charge in [-0.3, -0.25) is 0 Å². The molecule has 2 aliphatic heterocycles. The predicted octanol–water partition coefficient (Wildman–Crippen LogP) is 5.37. The number of nitriles is 1. The summed E-state index contributed by atoms with van der Waals surface area (Å²) in [6.07, 6.45) is 1.96. The molecule has 188 valence electrons. The van der Waals surface area contributed by atoms with Crippen LogP contribution in [0.3, 0.4) is 0 Å². The summed E-state index contributed by atoms with van der Waals surface area (Å²) in [5.74, 6) is -1.35. The summed E-state index contributed by atoms with van der Waals surface area (Å²) in [6.45, 7) is 0.788. The van der Waals surface area contributed by atoms with Gasteiger partial charge < -0.3 is 19.5 Å². The van der Waals surface area contributed by atoms with Gasteiger partial charge in [-0.25, -0.2) is 9.78 Å². The Kier molecular flexibility index (Phi) is 6.49. The number of nitrogens with zero attached hydrogens (tertiary/aromatic N) is 2. The largest absolute Gasteiger partial charge is 0.493 e. The third kappa shape index (κ3) is 4.47. The van der Waals surface area contributed by atoms with E-state index in [-0.39, 0.29) is 23.6 Å². The number of rotatable bonds is 6. The fourth-order valence-corrected chi connectivity index (χ4v) is 4.87. The van der Waals surface area contributed by atoms with Gasteiger partial charge in [0, 0.05) is 29.4 Å². The van der Waals surface area contributed by atoms with Crippen molar-refractivity contribution in [3.05, 3.63) is 93.3 Å². The number of alkyl halides is 2. The maximum atomic E-state index is 13.6. The standard InChI is InChI=1S/C28H23F2N3O4/c1-15-13-32-26(37-28(29)30)23-22(20-9-8-18(12-31)19-10-11-35-25(19)20)21(16(2)33-24(15)23)27(34)36-14-17-6-4-3-5-7-17/h3-9,13,22,28,33H,10-11,14H2,1-2H3. The minimum atomic E-state index is -3.12. The Labute approximate surface area is 212 Å². The highest BCUT2D eigenvalue weighted by atomic mass is 19.3. The molecule has 2 aromatic carbocycles. The maximum Gasteiger partial charge on any atom is 0.388 e. The predicted molar refractivity (Wildman–Crippen MR) is 130 cm³/mol. The quantitative estimate of drug-likeness (QED) is 0.452. The van der Waals surface area contributed by atoms with E-state index in [9.17, 15) is 18.8 Å². The Balaban J connectivity index is 1.68. The molecule has 3 heterocycles. The Morgan fingerprint density at radius 2 is 2.03 bits per heavy atom. The lowest BCUT2D eigenvalue weighted by Crippen LogP contribution is -2.26. The lowest BCUT2D eigenvalue weighted by atomic mass is 9.79. The van der Waals surface area contributed by atoms with E-state index in [0.29, 0.717) is 52.4 Å². The van der Waals surface area contributed by atoms with Gasteiger partial charge in [0.1, 0.15) is 12.4 Å². The smallest absolute Gasteiger partial charge is 0.388 e. The SMILES string of the molecule is CC1=C(C(=O)OCc2ccccc2)C(c2ccc(C#N)c3c2OCC3)c2c(OC(F)F)ncc(C)c2N1. The Morgan fingerprint density at radius 1 is 1.24 bits per heavy atom. The number of ether oxygens (including phenoxy) is 3. The lowest BCUT2D eigenvalue weighted by molar-refractivity contribution is -0.140. The summed E-state index contributed by atoms with van der Waals surface area (Å²) < 4.78 is 43.3. The first-order chi connectivity index (χ1) is 17.9. The van der Waals surface area contributed by atoms with Crippen LogP contribution in [-0.4, -0.2) is 24.2 Å². The van der Waals surface area contributed by atoms with Crippen LogP contribution in [0.5, 0.6) is 11.6 Å². The second-order valence-electron chi connectivity index (χ2n) is 8.79. The summed E-state index contributed by atoms with van der Waals surface area (Å²) >= 11 is 0. The summed E-state index contributed by atoms with van der Waals surface area (Å²) in [4.78, 5) is 17.7. The van der Waals surface area contributed by atoms with Crippen molar-refractivity contribution in [2.75, 3.05) is 11.9 Å². The number of fused-ring (bicyclic) bond motifs is 2. The highest BCUT2D eigenvalue weighted by Gasteiger charge is 2.40. The lowest BCUT2D eigenvalue weighted by Gasteiger charge is -2.32. The van der Waals surface area contributed by atoms with Crippen LogP contribution in [0.15, 0.2) is 59.9 Å². The van der Waals surface area contributed by atoms with Crippen molar-refractivity contribution in [1.82, 2.24) is 4.98 Å². The van der Waals surface area contributed by atoms with Crippen LogP contribution >= 0.6 is 0 Å². The Hall–Kier alpha value is -4.45. The van der Waals surface area contributed by atoms with Crippen molar-refractivity contribution in [3.63, 3.8) is 0 Å². The zero-order valence-corrected chi connectivity index (χ0v) is 20.2. The van der Waals surface area contributed by atoms with Gasteiger partial charge in [-0.05, 0) is 31.0 Å². The number of benzene rings is 2. The van der Waals surface area contributed by atoms with E-state index in [0.717, 1.165) is 5.56 Å². The molecule has 7 nitrogen and oxygen atoms in total. The van der Waals surface area contributed by atoms with E-state index < -0.39 is 18.5 Å². The molecule has 37 heavy (non-hydrogen) atoms. The van der Waals surface area contributed by atoms with Crippen LogP contribution in [0.1, 0.15) is 46.2 Å². The third-order valence-electron chi connectivity index (χ3n) is 6.52. The molecular formula is C28H23F2N3O4. The Morgan fingerprint density at radius 3 is 2.76 bits per heavy atom. The van der Waals surface area contributed by atoms with E-state index in [1.807, 2.05) is 30.3 Å². The molecule has 9 heteroatoms. The zero-order chi connectivity index (χ0) is 26.1. The van der Waals surface area contributed by atoms with Gasteiger partial charge in [-0.2, -0.15) is 14.0 Å². The van der Waals surface area contributed by atoms with Gasteiger partial charge in [0.2, 0.25) is 5.88 Å². The summed E-state index contributed by atoms with van der Waals surface area (Å²) in [6, 6.07) is 14.7. The van der Waals surface area contributed by atoms with E-state index >= 15 is 0 Å². The van der Waals surface area contributed by atoms with Crippen LogP contribution in [0.25, 0.3) is 0 Å². The monoisotopic (exact) mass is 503 g/mol. The normalized spacial score (nSPS) is 15.8. The van der Waals surface area contributed by atoms with Crippen molar-refractivity contribution in [2.45, 2.75) is 39.4 Å². The number of hydrogen-bond acceptors (Lipinski definition) is 7. The van der Waals surface area contributed by atoms with Crippen molar-refractivity contribution in [3.8, 4) is 17.7 Å². The molecule has 5 rings (SSSR count). The molecule has 1 unspecified atom stereocenters. The fourth-order valence-electron chi connectivity index (χ4n) is 4.87. The molecule has 0 spiro atoms. The van der Waals surface area contributed by atoms with Crippen molar-refractivity contribution < 1.29 is 27.8 Å². The Bertz CT molecular complexity index is 1450. The van der Waals surface area contributed by atoms with Gasteiger partial charge in [0.05, 0.1) is 41.0 Å². The van der Waals surface area contributed by atoms with Crippen LogP contribution in [-0.2, 0) is 22.6 Å². The van der Waals surface area contributed by atoms with Gasteiger partial charge in [0.15, 0.2) is 0 Å². The second kappa shape index (κ2) is 9.90. The van der Waals surface area contributed by atoms with Crippen molar-refractivity contribution in [2.24, 2.45) is 0 Å². The number of esters is 1. The molecule has 0 radical (unpaired) electrons. The molecule has 0 aliphatic carbocycles. The molecule has 3 aromatic rings. The minimum Gasteiger partial charge on any atom is -0.493 e. The number of carbonyl (C=O) groups is 1. The molecule has 1 N–H and O–H groups in total. The highest BCUT2D eigenvalue weighted by Crippen LogP contribution is 2.51. The van der Waals surface area contributed by atoms with Gasteiger partial charge >= 0.3 is 12.6 Å². The van der Waals surface area contributed by atoms with Crippen LogP contribution in [0.4, 0.5) is 14.5 Å². The van der Waals surface area contributed by atoms with E-state index in [4.69, 9.17) is 14.2 Å². The summed E-state index contributed by atoms with van der Waals surface area (Å²) in [5, 5.41) is 12.8. The van der Waals surface area contributed by atoms with Crippen molar-refractivity contribution in [1.29, 1.82) is 5.26 Å². The van der Waals surface area contributed by atoms with Crippen LogP contribution in [0, 0.1) is 18.3 Å². The minimum absolute atomic E-state index is 0.0322. The number of carbonyl (C=O) groups excluding carboxylic acids is 1. The number of allylic oxidation sites excluding steroid dienone is 1. The molecule has 1 aromatic heterocycles. The molecule has 2 aliphatic rings. The third-order valence-corrected chi connectivity index (χ3v) is 6.52. The summed E-state index contributed by atoms with van der Waals surface area (Å²) in [7, 11) is 0. The number of aryl methyl sites for hydroxylation is 1. The average molecular weight is 504 g/mol. The average Bonchev–Trinajstić information content (AvgIpc) is 3.38. The van der Waals surface area contributed by atoms with Gasteiger partial charge in [-0.15, -0.1) is 0 Å². The van der Waals surface area contributed by atoms with Gasteiger partial charge in [-0.1, -0.05) is 36.4 Å².